The van der Waals surface area contributed by atoms with Gasteiger partial charge in [-0.2, -0.15) is 5.26 Å². The second kappa shape index (κ2) is 6.90. The number of ether oxygens (including phenoxy) is 1. The number of unbranched alkanes of at least 4 members (excludes halogenated alkanes) is 1. The fraction of sp³-hybridized carbons (Fsp3) is 0.615. The third-order valence-corrected chi connectivity index (χ3v) is 3.27. The van der Waals surface area contributed by atoms with Crippen LogP contribution < -0.4 is 9.64 Å². The van der Waals surface area contributed by atoms with E-state index in [9.17, 15) is 0 Å². The van der Waals surface area contributed by atoms with Crippen molar-refractivity contribution in [1.29, 1.82) is 5.26 Å². The van der Waals surface area contributed by atoms with Gasteiger partial charge in [0.1, 0.15) is 0 Å². The number of methoxy groups -OCH3 is 1. The van der Waals surface area contributed by atoms with Crippen LogP contribution in [-0.4, -0.2) is 54.7 Å². The Kier molecular flexibility index (Phi) is 4.93. The van der Waals surface area contributed by atoms with E-state index in [2.05, 4.69) is 25.8 Å². The van der Waals surface area contributed by atoms with Crippen LogP contribution in [0.3, 0.4) is 0 Å². The topological polar surface area (TPSA) is 65.3 Å². The van der Waals surface area contributed by atoms with Crippen LogP contribution in [0.1, 0.15) is 12.8 Å². The largest absolute Gasteiger partial charge is 0.478 e. The molecular weight excluding hydrogens is 242 g/mol. The highest BCUT2D eigenvalue weighted by Crippen LogP contribution is 2.22. The van der Waals surface area contributed by atoms with Gasteiger partial charge >= 0.3 is 0 Å². The first kappa shape index (κ1) is 13.6. The van der Waals surface area contributed by atoms with Crippen molar-refractivity contribution in [3.05, 3.63) is 12.4 Å². The van der Waals surface area contributed by atoms with Crippen molar-refractivity contribution in [2.75, 3.05) is 44.7 Å². The number of aromatic nitrogens is 2. The summed E-state index contributed by atoms with van der Waals surface area (Å²) in [6, 6.07) is 2.19. The second-order valence-corrected chi connectivity index (χ2v) is 4.48. The molecule has 1 aliphatic heterocycles. The zero-order valence-electron chi connectivity index (χ0n) is 11.2. The SMILES string of the molecule is COc1nccnc1N1CCN(CCCC#N)CC1. The Morgan fingerprint density at radius 2 is 2.00 bits per heavy atom. The van der Waals surface area contributed by atoms with Crippen molar-refractivity contribution in [3.63, 3.8) is 0 Å². The minimum atomic E-state index is 0.584. The van der Waals surface area contributed by atoms with Gasteiger partial charge in [-0.1, -0.05) is 0 Å². The number of piperazine rings is 1. The van der Waals surface area contributed by atoms with E-state index in [-0.39, 0.29) is 0 Å². The second-order valence-electron chi connectivity index (χ2n) is 4.48. The molecule has 0 unspecified atom stereocenters. The molecule has 0 amide bonds. The third-order valence-electron chi connectivity index (χ3n) is 3.27. The first-order chi connectivity index (χ1) is 9.35. The van der Waals surface area contributed by atoms with E-state index in [1.54, 1.807) is 19.5 Å². The Morgan fingerprint density at radius 1 is 1.26 bits per heavy atom. The predicted octanol–water partition coefficient (Wildman–Crippen LogP) is 0.911. The standard InChI is InChI=1S/C13H19N5O/c1-19-13-12(15-5-6-16-13)18-10-8-17(9-11-18)7-3-2-4-14/h5-6H,2-3,7-11H2,1H3. The quantitative estimate of drug-likeness (QED) is 0.734. The van der Waals surface area contributed by atoms with Crippen molar-refractivity contribution < 1.29 is 4.74 Å². The maximum absolute atomic E-state index is 8.54. The molecule has 0 aliphatic carbocycles. The molecule has 6 heteroatoms. The van der Waals surface area contributed by atoms with E-state index in [1.165, 1.54) is 0 Å². The fourth-order valence-electron chi connectivity index (χ4n) is 2.24. The predicted molar refractivity (Wildman–Crippen MR) is 72.1 cm³/mol. The molecule has 1 saturated heterocycles. The van der Waals surface area contributed by atoms with Gasteiger partial charge in [0, 0.05) is 45.0 Å². The highest BCUT2D eigenvalue weighted by molar-refractivity contribution is 5.48. The van der Waals surface area contributed by atoms with Crippen LogP contribution in [0.4, 0.5) is 5.82 Å². The zero-order chi connectivity index (χ0) is 13.5. The molecule has 0 spiro atoms. The van der Waals surface area contributed by atoms with Crippen molar-refractivity contribution >= 4 is 5.82 Å². The minimum Gasteiger partial charge on any atom is -0.478 e. The van der Waals surface area contributed by atoms with E-state index < -0.39 is 0 Å². The lowest BCUT2D eigenvalue weighted by atomic mass is 10.2. The summed E-state index contributed by atoms with van der Waals surface area (Å²) in [7, 11) is 1.62. The van der Waals surface area contributed by atoms with Crippen molar-refractivity contribution in [2.45, 2.75) is 12.8 Å². The number of anilines is 1. The Labute approximate surface area is 113 Å². The molecule has 0 N–H and O–H groups in total. The molecule has 102 valence electrons. The minimum absolute atomic E-state index is 0.584. The lowest BCUT2D eigenvalue weighted by molar-refractivity contribution is 0.254. The molecule has 0 aromatic carbocycles. The summed E-state index contributed by atoms with van der Waals surface area (Å²) in [5.41, 5.74) is 0. The van der Waals surface area contributed by atoms with Crippen LogP contribution in [-0.2, 0) is 0 Å². The van der Waals surface area contributed by atoms with Gasteiger partial charge in [0.15, 0.2) is 5.82 Å². The molecule has 1 fully saturated rings. The van der Waals surface area contributed by atoms with Gasteiger partial charge < -0.3 is 9.64 Å². The van der Waals surface area contributed by atoms with E-state index in [1.807, 2.05) is 0 Å². The summed E-state index contributed by atoms with van der Waals surface area (Å²) in [5.74, 6) is 1.40. The summed E-state index contributed by atoms with van der Waals surface area (Å²) in [6.45, 7) is 4.82. The highest BCUT2D eigenvalue weighted by atomic mass is 16.5. The summed E-state index contributed by atoms with van der Waals surface area (Å²) in [5, 5.41) is 8.54. The molecule has 2 rings (SSSR count). The molecular formula is C13H19N5O. The van der Waals surface area contributed by atoms with E-state index in [0.29, 0.717) is 12.3 Å². The third kappa shape index (κ3) is 3.55. The lowest BCUT2D eigenvalue weighted by Crippen LogP contribution is -2.47. The van der Waals surface area contributed by atoms with E-state index in [4.69, 9.17) is 10.00 Å². The number of nitriles is 1. The Balaban J connectivity index is 1.87. The smallest absolute Gasteiger partial charge is 0.257 e. The van der Waals surface area contributed by atoms with Crippen molar-refractivity contribution in [2.24, 2.45) is 0 Å². The van der Waals surface area contributed by atoms with Crippen LogP contribution in [0.5, 0.6) is 5.88 Å². The molecule has 1 aliphatic rings. The molecule has 19 heavy (non-hydrogen) atoms. The molecule has 0 bridgehead atoms. The Morgan fingerprint density at radius 3 is 2.68 bits per heavy atom. The number of rotatable bonds is 5. The molecule has 1 aromatic heterocycles. The van der Waals surface area contributed by atoms with Crippen molar-refractivity contribution in [1.82, 2.24) is 14.9 Å². The first-order valence-electron chi connectivity index (χ1n) is 6.54. The van der Waals surface area contributed by atoms with Crippen LogP contribution in [0.25, 0.3) is 0 Å². The van der Waals surface area contributed by atoms with Gasteiger partial charge in [-0.25, -0.2) is 9.97 Å². The van der Waals surface area contributed by atoms with Gasteiger partial charge in [0.2, 0.25) is 0 Å². The monoisotopic (exact) mass is 261 g/mol. The number of hydrogen-bond donors (Lipinski definition) is 0. The van der Waals surface area contributed by atoms with Gasteiger partial charge in [0.25, 0.3) is 5.88 Å². The highest BCUT2D eigenvalue weighted by Gasteiger charge is 2.20. The number of hydrogen-bond acceptors (Lipinski definition) is 6. The molecule has 0 saturated carbocycles. The van der Waals surface area contributed by atoms with Crippen LogP contribution in [0.2, 0.25) is 0 Å². The van der Waals surface area contributed by atoms with Gasteiger partial charge in [-0.3, -0.25) is 4.90 Å². The summed E-state index contributed by atoms with van der Waals surface area (Å²) in [6.07, 6.45) is 4.92. The summed E-state index contributed by atoms with van der Waals surface area (Å²) in [4.78, 5) is 13.1. The van der Waals surface area contributed by atoms with Crippen LogP contribution >= 0.6 is 0 Å². The first-order valence-corrected chi connectivity index (χ1v) is 6.54. The van der Waals surface area contributed by atoms with Crippen LogP contribution in [0, 0.1) is 11.3 Å². The molecule has 0 atom stereocenters. The lowest BCUT2D eigenvalue weighted by Gasteiger charge is -2.35. The van der Waals surface area contributed by atoms with Crippen LogP contribution in [0.15, 0.2) is 12.4 Å². The molecule has 6 nitrogen and oxygen atoms in total. The summed E-state index contributed by atoms with van der Waals surface area (Å²) < 4.78 is 5.24. The van der Waals surface area contributed by atoms with E-state index in [0.717, 1.165) is 45.0 Å². The van der Waals surface area contributed by atoms with Gasteiger partial charge in [-0.05, 0) is 13.0 Å². The molecule has 2 heterocycles. The van der Waals surface area contributed by atoms with Gasteiger partial charge in [0.05, 0.1) is 13.2 Å². The average Bonchev–Trinajstić information content (AvgIpc) is 2.48. The summed E-state index contributed by atoms with van der Waals surface area (Å²) >= 11 is 0. The molecule has 1 aromatic rings. The Hall–Kier alpha value is -1.87. The molecule has 0 radical (unpaired) electrons. The average molecular weight is 261 g/mol. The Bertz CT molecular complexity index is 437. The maximum atomic E-state index is 8.54. The van der Waals surface area contributed by atoms with E-state index >= 15 is 0 Å². The zero-order valence-corrected chi connectivity index (χ0v) is 11.2. The maximum Gasteiger partial charge on any atom is 0.257 e. The van der Waals surface area contributed by atoms with Crippen molar-refractivity contribution in [3.8, 4) is 11.9 Å². The number of nitrogens with zero attached hydrogens (tertiary/aromatic N) is 5. The normalized spacial score (nSPS) is 16.1. The van der Waals surface area contributed by atoms with Gasteiger partial charge in [-0.15, -0.1) is 0 Å². The fourth-order valence-corrected chi connectivity index (χ4v) is 2.24.